The Balaban J connectivity index is 1.41. The number of anilines is 3. The number of fused-ring (bicyclic) bond motifs is 1. The number of β-amino-alcohol motifs (C(OH)–C–C–N with tert-alkyl or cyclic N) is 1. The van der Waals surface area contributed by atoms with Gasteiger partial charge in [0.05, 0.1) is 51.2 Å². The molecule has 0 spiro atoms. The van der Waals surface area contributed by atoms with Crippen LogP contribution >= 0.6 is 23.2 Å². The summed E-state index contributed by atoms with van der Waals surface area (Å²) in [5.74, 6) is -0.546. The number of halogens is 3. The van der Waals surface area contributed by atoms with Crippen LogP contribution in [-0.4, -0.2) is 44.3 Å². The van der Waals surface area contributed by atoms with Crippen molar-refractivity contribution in [3.63, 3.8) is 0 Å². The number of aliphatic hydroxyl groups is 1. The molecular formula is C30H25Cl2FN8O. The van der Waals surface area contributed by atoms with E-state index in [1.54, 1.807) is 10.7 Å². The molecule has 1 unspecified atom stereocenters. The van der Waals surface area contributed by atoms with Crippen LogP contribution in [0.5, 0.6) is 0 Å². The van der Waals surface area contributed by atoms with Crippen molar-refractivity contribution in [2.24, 2.45) is 0 Å². The van der Waals surface area contributed by atoms with Gasteiger partial charge in [0.15, 0.2) is 0 Å². The summed E-state index contributed by atoms with van der Waals surface area (Å²) in [7, 11) is 0. The molecule has 12 heteroatoms. The Kier molecular flexibility index (Phi) is 7.91. The minimum Gasteiger partial charge on any atom is -0.390 e. The molecule has 0 aliphatic carbocycles. The highest BCUT2D eigenvalue weighted by Gasteiger charge is 2.27. The summed E-state index contributed by atoms with van der Waals surface area (Å²) in [6.45, 7) is 1.28. The number of pyridine rings is 1. The highest BCUT2D eigenvalue weighted by molar-refractivity contribution is 6.36. The van der Waals surface area contributed by atoms with E-state index in [1.807, 2.05) is 42.6 Å². The normalized spacial score (nSPS) is 17.5. The molecule has 1 aliphatic rings. The zero-order valence-electron chi connectivity index (χ0n) is 22.1. The molecule has 0 saturated carbocycles. The van der Waals surface area contributed by atoms with Gasteiger partial charge in [-0.25, -0.2) is 9.07 Å². The maximum Gasteiger partial charge on any atom is 0.141 e. The summed E-state index contributed by atoms with van der Waals surface area (Å²) in [6.07, 6.45) is 3.46. The van der Waals surface area contributed by atoms with Crippen LogP contribution in [0.2, 0.25) is 10.0 Å². The summed E-state index contributed by atoms with van der Waals surface area (Å²) in [5.41, 5.74) is 3.96. The van der Waals surface area contributed by atoms with Crippen molar-refractivity contribution in [2.45, 2.75) is 24.6 Å². The standard InChI is InChI=1S/C30H25Cl2FN8O/c31-22-11-19(6-7-24(22)33)37-28-18(13-34)14-36-30-21(28)10-20(12-23(30)32)38-29(17-4-2-1-3-5-17)25-16-41(40-39-25)26-8-9-35-15-27(26)42/h1-7,10-12,14,16,26-27,29,35,38,42H,8-9,15H2,(H,36,37)/t26-,27-,29?/m1/s1. The second-order valence-corrected chi connectivity index (χ2v) is 10.8. The summed E-state index contributed by atoms with van der Waals surface area (Å²) in [6, 6.07) is 19.2. The lowest BCUT2D eigenvalue weighted by atomic mass is 10.0. The number of aliphatic hydroxyl groups excluding tert-OH is 1. The predicted octanol–water partition coefficient (Wildman–Crippen LogP) is 5.98. The van der Waals surface area contributed by atoms with E-state index in [4.69, 9.17) is 23.2 Å². The molecule has 0 amide bonds. The van der Waals surface area contributed by atoms with Crippen LogP contribution in [0.15, 0.2) is 73.1 Å². The first-order valence-corrected chi connectivity index (χ1v) is 14.0. The maximum absolute atomic E-state index is 13.8. The van der Waals surface area contributed by atoms with E-state index in [0.717, 1.165) is 18.5 Å². The number of rotatable bonds is 7. The average Bonchev–Trinajstić information content (AvgIpc) is 3.48. The predicted molar refractivity (Wildman–Crippen MR) is 161 cm³/mol. The SMILES string of the molecule is N#Cc1cnc2c(Cl)cc(NC(c3ccccc3)c3cn([C@@H]4CCNC[C@H]4O)nn3)cc2c1Nc1ccc(F)c(Cl)c1. The van der Waals surface area contributed by atoms with Gasteiger partial charge < -0.3 is 21.1 Å². The second kappa shape index (κ2) is 11.9. The van der Waals surface area contributed by atoms with Gasteiger partial charge in [-0.1, -0.05) is 58.7 Å². The summed E-state index contributed by atoms with van der Waals surface area (Å²) < 4.78 is 15.5. The fourth-order valence-corrected chi connectivity index (χ4v) is 5.59. The number of nitrogens with zero attached hydrogens (tertiary/aromatic N) is 5. The molecule has 5 aromatic rings. The number of hydrogen-bond acceptors (Lipinski definition) is 8. The van der Waals surface area contributed by atoms with Crippen LogP contribution in [-0.2, 0) is 0 Å². The lowest BCUT2D eigenvalue weighted by Crippen LogP contribution is -2.41. The molecule has 9 nitrogen and oxygen atoms in total. The summed E-state index contributed by atoms with van der Waals surface area (Å²) in [5, 5.41) is 40.0. The Bertz CT molecular complexity index is 1790. The van der Waals surface area contributed by atoms with Crippen molar-refractivity contribution < 1.29 is 9.50 Å². The number of hydrogen-bond donors (Lipinski definition) is 4. The fourth-order valence-electron chi connectivity index (χ4n) is 5.14. The van der Waals surface area contributed by atoms with Gasteiger partial charge in [-0.05, 0) is 48.9 Å². The van der Waals surface area contributed by atoms with Gasteiger partial charge in [-0.3, -0.25) is 4.98 Å². The van der Waals surface area contributed by atoms with Crippen molar-refractivity contribution in [1.82, 2.24) is 25.3 Å². The third kappa shape index (κ3) is 5.60. The van der Waals surface area contributed by atoms with Crippen LogP contribution in [0, 0.1) is 17.1 Å². The minimum atomic E-state index is -0.570. The Labute approximate surface area is 250 Å². The molecule has 6 rings (SSSR count). The van der Waals surface area contributed by atoms with E-state index in [-0.39, 0.29) is 16.6 Å². The lowest BCUT2D eigenvalue weighted by Gasteiger charge is -2.28. The quantitative estimate of drug-likeness (QED) is 0.179. The van der Waals surface area contributed by atoms with Gasteiger partial charge in [0.2, 0.25) is 0 Å². The third-order valence-corrected chi connectivity index (χ3v) is 7.83. The van der Waals surface area contributed by atoms with E-state index in [9.17, 15) is 14.8 Å². The van der Waals surface area contributed by atoms with Crippen LogP contribution in [0.25, 0.3) is 10.9 Å². The first-order valence-electron chi connectivity index (χ1n) is 13.3. The molecule has 42 heavy (non-hydrogen) atoms. The zero-order chi connectivity index (χ0) is 29.2. The largest absolute Gasteiger partial charge is 0.390 e. The molecular weight excluding hydrogens is 578 g/mol. The highest BCUT2D eigenvalue weighted by atomic mass is 35.5. The van der Waals surface area contributed by atoms with E-state index < -0.39 is 18.0 Å². The maximum atomic E-state index is 13.8. The van der Waals surface area contributed by atoms with E-state index >= 15 is 0 Å². The molecule has 212 valence electrons. The molecule has 3 aromatic carbocycles. The number of aromatic nitrogens is 4. The third-order valence-electron chi connectivity index (χ3n) is 7.26. The monoisotopic (exact) mass is 602 g/mol. The Hall–Kier alpha value is -4.27. The van der Waals surface area contributed by atoms with Crippen LogP contribution in [0.1, 0.15) is 35.3 Å². The Morgan fingerprint density at radius 3 is 2.67 bits per heavy atom. The Morgan fingerprint density at radius 2 is 1.90 bits per heavy atom. The molecule has 3 atom stereocenters. The van der Waals surface area contributed by atoms with E-state index in [0.29, 0.717) is 45.2 Å². The number of nitriles is 1. The van der Waals surface area contributed by atoms with Gasteiger partial charge in [0.1, 0.15) is 17.6 Å². The molecule has 4 N–H and O–H groups in total. The second-order valence-electron chi connectivity index (χ2n) is 10.0. The van der Waals surface area contributed by atoms with Gasteiger partial charge in [0.25, 0.3) is 0 Å². The van der Waals surface area contributed by atoms with Crippen LogP contribution < -0.4 is 16.0 Å². The van der Waals surface area contributed by atoms with Gasteiger partial charge in [0, 0.05) is 29.5 Å². The summed E-state index contributed by atoms with van der Waals surface area (Å²) >= 11 is 12.7. The van der Waals surface area contributed by atoms with Gasteiger partial charge in [-0.2, -0.15) is 5.26 Å². The van der Waals surface area contributed by atoms with Crippen molar-refractivity contribution in [1.29, 1.82) is 5.26 Å². The van der Waals surface area contributed by atoms with Gasteiger partial charge in [-0.15, -0.1) is 5.10 Å². The Morgan fingerprint density at radius 1 is 1.10 bits per heavy atom. The topological polar surface area (TPSA) is 124 Å². The smallest absolute Gasteiger partial charge is 0.141 e. The van der Waals surface area contributed by atoms with Crippen molar-refractivity contribution in [2.75, 3.05) is 23.7 Å². The van der Waals surface area contributed by atoms with E-state index in [2.05, 4.69) is 37.3 Å². The lowest BCUT2D eigenvalue weighted by molar-refractivity contribution is 0.0800. The number of piperidine rings is 1. The first-order chi connectivity index (χ1) is 20.4. The van der Waals surface area contributed by atoms with Crippen molar-refractivity contribution in [3.8, 4) is 6.07 Å². The van der Waals surface area contributed by atoms with Gasteiger partial charge >= 0.3 is 0 Å². The number of benzene rings is 3. The van der Waals surface area contributed by atoms with Crippen molar-refractivity contribution >= 4 is 51.2 Å². The zero-order valence-corrected chi connectivity index (χ0v) is 23.6. The molecule has 2 aromatic heterocycles. The molecule has 1 saturated heterocycles. The first kappa shape index (κ1) is 27.9. The highest BCUT2D eigenvalue weighted by Crippen LogP contribution is 2.37. The molecule has 1 fully saturated rings. The van der Waals surface area contributed by atoms with Crippen molar-refractivity contribution in [3.05, 3.63) is 106 Å². The summed E-state index contributed by atoms with van der Waals surface area (Å²) in [4.78, 5) is 4.42. The molecule has 1 aliphatic heterocycles. The van der Waals surface area contributed by atoms with Crippen LogP contribution in [0.3, 0.4) is 0 Å². The fraction of sp³-hybridized carbons (Fsp3) is 0.200. The van der Waals surface area contributed by atoms with E-state index in [1.165, 1.54) is 24.4 Å². The van der Waals surface area contributed by atoms with Crippen LogP contribution in [0.4, 0.5) is 21.5 Å². The molecule has 0 bridgehead atoms. The number of nitrogens with one attached hydrogen (secondary N) is 3. The average molecular weight is 603 g/mol. The molecule has 3 heterocycles. The molecule has 0 radical (unpaired) electrons. The minimum absolute atomic E-state index is 0.0481.